The van der Waals surface area contributed by atoms with Crippen molar-refractivity contribution in [3.63, 3.8) is 0 Å². The topological polar surface area (TPSA) is 47.6 Å². The van der Waals surface area contributed by atoms with Gasteiger partial charge < -0.3 is 14.8 Å². The molecular formula is C12H15NO3. The van der Waals surface area contributed by atoms with Crippen LogP contribution in [0.15, 0.2) is 24.3 Å². The number of hydrogen-bond acceptors (Lipinski definition) is 4. The predicted octanol–water partition coefficient (Wildman–Crippen LogP) is 1.21. The zero-order chi connectivity index (χ0) is 11.6. The molecule has 2 rings (SSSR count). The van der Waals surface area contributed by atoms with Crippen molar-refractivity contribution in [2.75, 3.05) is 20.2 Å². The molecule has 0 amide bonds. The quantitative estimate of drug-likeness (QED) is 0.779. The summed E-state index contributed by atoms with van der Waals surface area (Å²) in [5, 5.41) is 3.14. The van der Waals surface area contributed by atoms with Gasteiger partial charge in [-0.2, -0.15) is 0 Å². The Kier molecular flexibility index (Phi) is 2.83. The fourth-order valence-corrected chi connectivity index (χ4v) is 1.65. The van der Waals surface area contributed by atoms with Gasteiger partial charge in [0, 0.05) is 13.1 Å². The van der Waals surface area contributed by atoms with Crippen LogP contribution >= 0.6 is 0 Å². The predicted molar refractivity (Wildman–Crippen MR) is 59.7 cm³/mol. The second kappa shape index (κ2) is 4.14. The van der Waals surface area contributed by atoms with Crippen LogP contribution in [0, 0.1) is 0 Å². The molecule has 0 atom stereocenters. The minimum atomic E-state index is -0.369. The first-order valence-electron chi connectivity index (χ1n) is 5.22. The van der Waals surface area contributed by atoms with Crippen LogP contribution in [-0.2, 0) is 4.74 Å². The second-order valence-corrected chi connectivity index (χ2v) is 4.14. The van der Waals surface area contributed by atoms with E-state index in [0.717, 1.165) is 13.1 Å². The summed E-state index contributed by atoms with van der Waals surface area (Å²) in [6.07, 6.45) is 0. The normalized spacial score (nSPS) is 17.4. The summed E-state index contributed by atoms with van der Waals surface area (Å²) in [4.78, 5) is 11.5. The van der Waals surface area contributed by atoms with Gasteiger partial charge in [0.25, 0.3) is 0 Å². The third kappa shape index (κ3) is 2.02. The average Bonchev–Trinajstić information content (AvgIpc) is 2.27. The van der Waals surface area contributed by atoms with Gasteiger partial charge in [-0.05, 0) is 19.1 Å². The molecule has 1 aliphatic rings. The second-order valence-electron chi connectivity index (χ2n) is 4.14. The molecule has 4 nitrogen and oxygen atoms in total. The summed E-state index contributed by atoms with van der Waals surface area (Å²) in [7, 11) is 1.37. The van der Waals surface area contributed by atoms with E-state index >= 15 is 0 Å². The lowest BCUT2D eigenvalue weighted by molar-refractivity contribution is 0.0318. The smallest absolute Gasteiger partial charge is 0.341 e. The highest BCUT2D eigenvalue weighted by atomic mass is 16.5. The first-order chi connectivity index (χ1) is 7.64. The zero-order valence-electron chi connectivity index (χ0n) is 9.45. The molecule has 1 aromatic carbocycles. The summed E-state index contributed by atoms with van der Waals surface area (Å²) >= 11 is 0. The van der Waals surface area contributed by atoms with Crippen LogP contribution in [0.1, 0.15) is 17.3 Å². The molecule has 1 aliphatic heterocycles. The molecule has 0 bridgehead atoms. The third-order valence-corrected chi connectivity index (χ3v) is 2.65. The standard InChI is InChI=1S/C12H15NO3/c1-12(7-13-8-12)16-10-6-4-3-5-9(10)11(14)15-2/h3-6,13H,7-8H2,1-2H3. The van der Waals surface area contributed by atoms with Crippen molar-refractivity contribution in [3.05, 3.63) is 29.8 Å². The Morgan fingerprint density at radius 2 is 2.06 bits per heavy atom. The molecule has 4 heteroatoms. The average molecular weight is 221 g/mol. The van der Waals surface area contributed by atoms with Gasteiger partial charge in [-0.3, -0.25) is 0 Å². The Morgan fingerprint density at radius 1 is 1.38 bits per heavy atom. The maximum Gasteiger partial charge on any atom is 0.341 e. The highest BCUT2D eigenvalue weighted by Gasteiger charge is 2.34. The molecule has 0 aliphatic carbocycles. The molecule has 1 heterocycles. The van der Waals surface area contributed by atoms with Crippen molar-refractivity contribution in [1.29, 1.82) is 0 Å². The van der Waals surface area contributed by atoms with Gasteiger partial charge in [0.15, 0.2) is 0 Å². The molecule has 1 saturated heterocycles. The largest absolute Gasteiger partial charge is 0.484 e. The fraction of sp³-hybridized carbons (Fsp3) is 0.417. The molecular weight excluding hydrogens is 206 g/mol. The van der Waals surface area contributed by atoms with Crippen molar-refractivity contribution in [1.82, 2.24) is 5.32 Å². The fourth-order valence-electron chi connectivity index (χ4n) is 1.65. The number of carbonyl (C=O) groups excluding carboxylic acids is 1. The van der Waals surface area contributed by atoms with E-state index in [1.165, 1.54) is 7.11 Å². The van der Waals surface area contributed by atoms with E-state index in [2.05, 4.69) is 5.32 Å². The Morgan fingerprint density at radius 3 is 2.62 bits per heavy atom. The lowest BCUT2D eigenvalue weighted by Gasteiger charge is -2.39. The van der Waals surface area contributed by atoms with Gasteiger partial charge >= 0.3 is 5.97 Å². The Labute approximate surface area is 94.6 Å². The molecule has 0 aromatic heterocycles. The van der Waals surface area contributed by atoms with Gasteiger partial charge in [-0.1, -0.05) is 12.1 Å². The minimum absolute atomic E-state index is 0.218. The van der Waals surface area contributed by atoms with E-state index in [4.69, 9.17) is 9.47 Å². The number of para-hydroxylation sites is 1. The van der Waals surface area contributed by atoms with Crippen molar-refractivity contribution in [2.45, 2.75) is 12.5 Å². The number of methoxy groups -OCH3 is 1. The van der Waals surface area contributed by atoms with Gasteiger partial charge in [0.2, 0.25) is 0 Å². The van der Waals surface area contributed by atoms with E-state index in [0.29, 0.717) is 11.3 Å². The molecule has 0 spiro atoms. The maximum atomic E-state index is 11.5. The number of benzene rings is 1. The number of rotatable bonds is 3. The Balaban J connectivity index is 2.22. The van der Waals surface area contributed by atoms with Crippen LogP contribution in [0.4, 0.5) is 0 Å². The van der Waals surface area contributed by atoms with E-state index in [1.54, 1.807) is 18.2 Å². The van der Waals surface area contributed by atoms with Gasteiger partial charge in [0.05, 0.1) is 7.11 Å². The number of ether oxygens (including phenoxy) is 2. The summed E-state index contributed by atoms with van der Waals surface area (Å²) in [6.45, 7) is 3.60. The Hall–Kier alpha value is -1.55. The number of hydrogen-bond donors (Lipinski definition) is 1. The number of nitrogens with one attached hydrogen (secondary N) is 1. The van der Waals surface area contributed by atoms with E-state index in [9.17, 15) is 4.79 Å². The van der Waals surface area contributed by atoms with Crippen LogP contribution in [0.5, 0.6) is 5.75 Å². The monoisotopic (exact) mass is 221 g/mol. The van der Waals surface area contributed by atoms with Gasteiger partial charge in [-0.25, -0.2) is 4.79 Å². The number of carbonyl (C=O) groups is 1. The van der Waals surface area contributed by atoms with Crippen LogP contribution in [-0.4, -0.2) is 31.8 Å². The van der Waals surface area contributed by atoms with Crippen LogP contribution < -0.4 is 10.1 Å². The summed E-state index contributed by atoms with van der Waals surface area (Å²) in [5.74, 6) is 0.213. The summed E-state index contributed by atoms with van der Waals surface area (Å²) < 4.78 is 10.5. The number of esters is 1. The molecule has 86 valence electrons. The van der Waals surface area contributed by atoms with E-state index in [1.807, 2.05) is 13.0 Å². The molecule has 1 aromatic rings. The van der Waals surface area contributed by atoms with Crippen molar-refractivity contribution in [2.24, 2.45) is 0 Å². The molecule has 1 fully saturated rings. The molecule has 0 unspecified atom stereocenters. The first-order valence-corrected chi connectivity index (χ1v) is 5.22. The molecule has 0 saturated carbocycles. The van der Waals surface area contributed by atoms with Gasteiger partial charge in [0.1, 0.15) is 16.9 Å². The highest BCUT2D eigenvalue weighted by molar-refractivity contribution is 5.92. The van der Waals surface area contributed by atoms with Crippen LogP contribution in [0.2, 0.25) is 0 Å². The lowest BCUT2D eigenvalue weighted by atomic mass is 10.00. The van der Waals surface area contributed by atoms with Crippen molar-refractivity contribution in [3.8, 4) is 5.75 Å². The summed E-state index contributed by atoms with van der Waals surface area (Å²) in [5.41, 5.74) is 0.252. The third-order valence-electron chi connectivity index (χ3n) is 2.65. The molecule has 0 radical (unpaired) electrons. The highest BCUT2D eigenvalue weighted by Crippen LogP contribution is 2.25. The lowest BCUT2D eigenvalue weighted by Crippen LogP contribution is -2.61. The van der Waals surface area contributed by atoms with Gasteiger partial charge in [-0.15, -0.1) is 0 Å². The Bertz CT molecular complexity index is 399. The first kappa shape index (κ1) is 11.0. The maximum absolute atomic E-state index is 11.5. The molecule has 1 N–H and O–H groups in total. The van der Waals surface area contributed by atoms with E-state index < -0.39 is 0 Å². The summed E-state index contributed by atoms with van der Waals surface area (Å²) in [6, 6.07) is 7.13. The molecule has 16 heavy (non-hydrogen) atoms. The SMILES string of the molecule is COC(=O)c1ccccc1OC1(C)CNC1. The van der Waals surface area contributed by atoms with Crippen LogP contribution in [0.3, 0.4) is 0 Å². The van der Waals surface area contributed by atoms with Crippen molar-refractivity contribution < 1.29 is 14.3 Å². The zero-order valence-corrected chi connectivity index (χ0v) is 9.45. The van der Waals surface area contributed by atoms with Crippen molar-refractivity contribution >= 4 is 5.97 Å². The van der Waals surface area contributed by atoms with E-state index in [-0.39, 0.29) is 11.6 Å². The minimum Gasteiger partial charge on any atom is -0.484 e. The van der Waals surface area contributed by atoms with Crippen LogP contribution in [0.25, 0.3) is 0 Å².